The molecule has 4 nitrogen and oxygen atoms in total. The van der Waals surface area contributed by atoms with Gasteiger partial charge in [0.1, 0.15) is 0 Å². The third kappa shape index (κ3) is 4.33. The van der Waals surface area contributed by atoms with Gasteiger partial charge in [0.05, 0.1) is 6.61 Å². The first-order chi connectivity index (χ1) is 7.77. The van der Waals surface area contributed by atoms with Crippen molar-refractivity contribution in [3.63, 3.8) is 0 Å². The van der Waals surface area contributed by atoms with E-state index in [1.165, 1.54) is 0 Å². The van der Waals surface area contributed by atoms with Gasteiger partial charge in [-0.2, -0.15) is 0 Å². The van der Waals surface area contributed by atoms with E-state index in [4.69, 9.17) is 10.5 Å². The molecule has 0 bridgehead atoms. The molecule has 1 fully saturated rings. The van der Waals surface area contributed by atoms with E-state index >= 15 is 0 Å². The molecule has 1 heterocycles. The molecule has 0 radical (unpaired) electrons. The molecule has 1 rings (SSSR count). The third-order valence-electron chi connectivity index (χ3n) is 2.89. The summed E-state index contributed by atoms with van der Waals surface area (Å²) in [6, 6.07) is 0. The minimum Gasteiger partial charge on any atom is -0.377 e. The van der Waals surface area contributed by atoms with Crippen LogP contribution in [0.1, 0.15) is 19.3 Å². The van der Waals surface area contributed by atoms with Crippen LogP contribution in [0.2, 0.25) is 0 Å². The van der Waals surface area contributed by atoms with Crippen LogP contribution in [-0.2, 0) is 9.53 Å². The maximum atomic E-state index is 11.7. The van der Waals surface area contributed by atoms with Crippen molar-refractivity contribution in [2.75, 3.05) is 32.8 Å². The zero-order valence-electron chi connectivity index (χ0n) is 9.86. The Hall–Kier alpha value is -0.870. The molecule has 4 heteroatoms. The monoisotopic (exact) mass is 226 g/mol. The second-order valence-electron chi connectivity index (χ2n) is 4.20. The van der Waals surface area contributed by atoms with Crippen LogP contribution in [0.5, 0.6) is 0 Å². The van der Waals surface area contributed by atoms with Gasteiger partial charge in [0.2, 0.25) is 5.91 Å². The number of amides is 1. The fraction of sp³-hybridized carbons (Fsp3) is 0.750. The predicted molar refractivity (Wildman–Crippen MR) is 64.0 cm³/mol. The molecule has 0 saturated carbocycles. The Morgan fingerprint density at radius 1 is 1.62 bits per heavy atom. The van der Waals surface area contributed by atoms with Crippen molar-refractivity contribution in [1.29, 1.82) is 0 Å². The molecular weight excluding hydrogens is 204 g/mol. The summed E-state index contributed by atoms with van der Waals surface area (Å²) in [6.45, 7) is 7.15. The van der Waals surface area contributed by atoms with Gasteiger partial charge in [0, 0.05) is 26.1 Å². The first-order valence-electron chi connectivity index (χ1n) is 5.94. The second kappa shape index (κ2) is 7.41. The molecule has 0 aromatic carbocycles. The molecule has 92 valence electrons. The minimum atomic E-state index is 0.234. The number of carbonyl (C=O) groups excluding carboxylic acids is 1. The zero-order valence-corrected chi connectivity index (χ0v) is 9.86. The van der Waals surface area contributed by atoms with E-state index in [1.54, 1.807) is 6.08 Å². The molecule has 1 amide bonds. The first kappa shape index (κ1) is 13.2. The van der Waals surface area contributed by atoms with E-state index in [0.29, 0.717) is 32.1 Å². The molecule has 2 N–H and O–H groups in total. The Morgan fingerprint density at radius 2 is 2.44 bits per heavy atom. The summed E-state index contributed by atoms with van der Waals surface area (Å²) in [5.74, 6) is 0.735. The number of nitrogens with two attached hydrogens (primary N) is 1. The first-order valence-corrected chi connectivity index (χ1v) is 5.94. The molecule has 0 aromatic heterocycles. The highest BCUT2D eigenvalue weighted by Crippen LogP contribution is 2.15. The minimum absolute atomic E-state index is 0.234. The maximum absolute atomic E-state index is 11.7. The average molecular weight is 226 g/mol. The summed E-state index contributed by atoms with van der Waals surface area (Å²) < 4.78 is 5.23. The van der Waals surface area contributed by atoms with Crippen LogP contribution in [0, 0.1) is 5.92 Å². The summed E-state index contributed by atoms with van der Waals surface area (Å²) in [5, 5.41) is 0. The lowest BCUT2D eigenvalue weighted by atomic mass is 10.1. The Labute approximate surface area is 97.4 Å². The Morgan fingerprint density at radius 3 is 3.06 bits per heavy atom. The van der Waals surface area contributed by atoms with Crippen molar-refractivity contribution >= 4 is 5.91 Å². The fourth-order valence-electron chi connectivity index (χ4n) is 1.90. The third-order valence-corrected chi connectivity index (χ3v) is 2.89. The zero-order chi connectivity index (χ0) is 11.8. The van der Waals surface area contributed by atoms with Crippen molar-refractivity contribution in [1.82, 2.24) is 4.90 Å². The standard InChI is InChI=1S/C12H22N2O2/c1-2-7-16-8-3-4-12(15)14-6-5-11(9-13)10-14/h2,11H,1,3-10,13H2. The van der Waals surface area contributed by atoms with Gasteiger partial charge in [0.15, 0.2) is 0 Å². The number of carbonyl (C=O) groups is 1. The lowest BCUT2D eigenvalue weighted by Gasteiger charge is -2.16. The van der Waals surface area contributed by atoms with Crippen molar-refractivity contribution in [3.05, 3.63) is 12.7 Å². The van der Waals surface area contributed by atoms with Gasteiger partial charge in [-0.05, 0) is 25.3 Å². The van der Waals surface area contributed by atoms with Crippen molar-refractivity contribution in [2.24, 2.45) is 11.7 Å². The Balaban J connectivity index is 2.09. The molecule has 1 atom stereocenters. The van der Waals surface area contributed by atoms with Gasteiger partial charge in [0.25, 0.3) is 0 Å². The van der Waals surface area contributed by atoms with Crippen molar-refractivity contribution in [2.45, 2.75) is 19.3 Å². The van der Waals surface area contributed by atoms with Gasteiger partial charge in [-0.1, -0.05) is 6.08 Å². The summed E-state index contributed by atoms with van der Waals surface area (Å²) in [4.78, 5) is 13.7. The highest BCUT2D eigenvalue weighted by atomic mass is 16.5. The smallest absolute Gasteiger partial charge is 0.222 e. The lowest BCUT2D eigenvalue weighted by Crippen LogP contribution is -2.29. The van der Waals surface area contributed by atoms with E-state index in [-0.39, 0.29) is 5.91 Å². The van der Waals surface area contributed by atoms with E-state index in [1.807, 2.05) is 4.90 Å². The van der Waals surface area contributed by atoms with Crippen LogP contribution in [0.4, 0.5) is 0 Å². The summed E-state index contributed by atoms with van der Waals surface area (Å²) >= 11 is 0. The van der Waals surface area contributed by atoms with Crippen molar-refractivity contribution < 1.29 is 9.53 Å². The molecule has 1 saturated heterocycles. The Bertz CT molecular complexity index is 231. The molecule has 0 spiro atoms. The number of hydrogen-bond acceptors (Lipinski definition) is 3. The molecule has 16 heavy (non-hydrogen) atoms. The SMILES string of the molecule is C=CCOCCCC(=O)N1CCC(CN)C1. The van der Waals surface area contributed by atoms with Gasteiger partial charge in [-0.25, -0.2) is 0 Å². The molecule has 0 aromatic rings. The van der Waals surface area contributed by atoms with Crippen molar-refractivity contribution in [3.8, 4) is 0 Å². The number of likely N-dealkylation sites (tertiary alicyclic amines) is 1. The Kier molecular flexibility index (Phi) is 6.11. The van der Waals surface area contributed by atoms with Crippen LogP contribution >= 0.6 is 0 Å². The van der Waals surface area contributed by atoms with Crippen LogP contribution in [-0.4, -0.2) is 43.7 Å². The number of hydrogen-bond donors (Lipinski definition) is 1. The van der Waals surface area contributed by atoms with Crippen LogP contribution < -0.4 is 5.73 Å². The van der Waals surface area contributed by atoms with Crippen LogP contribution in [0.25, 0.3) is 0 Å². The van der Waals surface area contributed by atoms with Gasteiger partial charge in [-0.15, -0.1) is 6.58 Å². The highest BCUT2D eigenvalue weighted by Gasteiger charge is 2.24. The molecular formula is C12H22N2O2. The quantitative estimate of drug-likeness (QED) is 0.515. The molecule has 1 aliphatic heterocycles. The van der Waals surface area contributed by atoms with Gasteiger partial charge < -0.3 is 15.4 Å². The molecule has 1 unspecified atom stereocenters. The highest BCUT2D eigenvalue weighted by molar-refractivity contribution is 5.76. The largest absolute Gasteiger partial charge is 0.377 e. The van der Waals surface area contributed by atoms with Gasteiger partial charge >= 0.3 is 0 Å². The molecule has 1 aliphatic rings. The maximum Gasteiger partial charge on any atom is 0.222 e. The summed E-state index contributed by atoms with van der Waals surface area (Å²) in [7, 11) is 0. The van der Waals surface area contributed by atoms with Gasteiger partial charge in [-0.3, -0.25) is 4.79 Å². The number of nitrogens with zero attached hydrogens (tertiary/aromatic N) is 1. The lowest BCUT2D eigenvalue weighted by molar-refractivity contribution is -0.130. The van der Waals surface area contributed by atoms with E-state index < -0.39 is 0 Å². The van der Waals surface area contributed by atoms with Crippen LogP contribution in [0.3, 0.4) is 0 Å². The van der Waals surface area contributed by atoms with E-state index in [0.717, 1.165) is 25.9 Å². The summed E-state index contributed by atoms with van der Waals surface area (Å²) in [6.07, 6.45) is 4.13. The molecule has 0 aliphatic carbocycles. The number of rotatable bonds is 7. The number of ether oxygens (including phenoxy) is 1. The second-order valence-corrected chi connectivity index (χ2v) is 4.20. The topological polar surface area (TPSA) is 55.6 Å². The average Bonchev–Trinajstić information content (AvgIpc) is 2.77. The fourth-order valence-corrected chi connectivity index (χ4v) is 1.90. The van der Waals surface area contributed by atoms with E-state index in [2.05, 4.69) is 6.58 Å². The predicted octanol–water partition coefficient (Wildman–Crippen LogP) is 0.776. The van der Waals surface area contributed by atoms with Crippen LogP contribution in [0.15, 0.2) is 12.7 Å². The summed E-state index contributed by atoms with van der Waals surface area (Å²) in [5.41, 5.74) is 5.58. The van der Waals surface area contributed by atoms with E-state index in [9.17, 15) is 4.79 Å². The normalized spacial score (nSPS) is 20.1.